The van der Waals surface area contributed by atoms with Crippen molar-refractivity contribution in [3.05, 3.63) is 58.6 Å². The summed E-state index contributed by atoms with van der Waals surface area (Å²) in [5.74, 6) is 1.42. The fourth-order valence-electron chi connectivity index (χ4n) is 2.26. The zero-order valence-corrected chi connectivity index (χ0v) is 17.1. The molecule has 0 aromatic heterocycles. The van der Waals surface area contributed by atoms with Crippen molar-refractivity contribution in [2.45, 2.75) is 26.2 Å². The lowest BCUT2D eigenvalue weighted by atomic mass is 10.3. The summed E-state index contributed by atoms with van der Waals surface area (Å²) >= 11 is 12.0. The molecule has 23 heavy (non-hydrogen) atoms. The van der Waals surface area contributed by atoms with E-state index in [1.54, 1.807) is 12.1 Å². The highest BCUT2D eigenvalue weighted by molar-refractivity contribution is 6.79. The van der Waals surface area contributed by atoms with E-state index in [2.05, 4.69) is 0 Å². The molecule has 0 unspecified atom stereocenters. The van der Waals surface area contributed by atoms with Gasteiger partial charge >= 0.3 is 17.1 Å². The third-order valence-corrected chi connectivity index (χ3v) is 8.67. The van der Waals surface area contributed by atoms with Crippen LogP contribution < -0.4 is 8.85 Å². The van der Waals surface area contributed by atoms with Crippen molar-refractivity contribution in [2.24, 2.45) is 0 Å². The molecule has 0 heterocycles. The lowest BCUT2D eigenvalue weighted by molar-refractivity contribution is 0.334. The van der Waals surface area contributed by atoms with Crippen LogP contribution in [0.5, 0.6) is 11.5 Å². The summed E-state index contributed by atoms with van der Waals surface area (Å²) in [4.78, 5) is 0. The molecule has 2 aromatic rings. The Kier molecular flexibility index (Phi) is 5.81. The van der Waals surface area contributed by atoms with E-state index >= 15 is 0 Å². The van der Waals surface area contributed by atoms with Crippen LogP contribution in [0.2, 0.25) is 36.2 Å². The third-order valence-electron chi connectivity index (χ3n) is 2.81. The van der Waals surface area contributed by atoms with E-state index in [0.29, 0.717) is 21.5 Å². The Hall–Kier alpha value is -0.986. The van der Waals surface area contributed by atoms with Crippen LogP contribution >= 0.6 is 23.2 Å². The van der Waals surface area contributed by atoms with Gasteiger partial charge in [-0.25, -0.2) is 0 Å². The molecule has 0 aliphatic carbocycles. The van der Waals surface area contributed by atoms with Gasteiger partial charge in [-0.2, -0.15) is 0 Å². The van der Waals surface area contributed by atoms with Crippen molar-refractivity contribution in [3.63, 3.8) is 0 Å². The molecule has 0 saturated heterocycles. The molecule has 0 spiro atoms. The van der Waals surface area contributed by atoms with Crippen LogP contribution in [0.1, 0.15) is 0 Å². The van der Waals surface area contributed by atoms with Gasteiger partial charge in [0.1, 0.15) is 11.5 Å². The molecule has 0 saturated carbocycles. The monoisotopic (exact) mass is 386 g/mol. The summed E-state index contributed by atoms with van der Waals surface area (Å²) in [6, 6.07) is 14.6. The minimum Gasteiger partial charge on any atom is -0.521 e. The molecular weight excluding hydrogens is 367 g/mol. The molecule has 0 radical (unpaired) electrons. The number of halogens is 2. The molecule has 0 amide bonds. The van der Waals surface area contributed by atoms with Crippen LogP contribution in [0.3, 0.4) is 0 Å². The van der Waals surface area contributed by atoms with Crippen molar-refractivity contribution >= 4 is 40.3 Å². The maximum Gasteiger partial charge on any atom is 0.384 e. The third kappa shape index (κ3) is 6.20. The Morgan fingerprint density at radius 1 is 0.696 bits per heavy atom. The van der Waals surface area contributed by atoms with Crippen molar-refractivity contribution in [2.75, 3.05) is 0 Å². The molecule has 3 nitrogen and oxygen atoms in total. The minimum atomic E-state index is -2.42. The van der Waals surface area contributed by atoms with E-state index in [9.17, 15) is 0 Å². The van der Waals surface area contributed by atoms with Crippen molar-refractivity contribution in [1.82, 2.24) is 0 Å². The molecule has 0 fully saturated rings. The zero-order valence-electron chi connectivity index (χ0n) is 13.6. The summed E-state index contributed by atoms with van der Waals surface area (Å²) in [7, 11) is -4.85. The first-order valence-electron chi connectivity index (χ1n) is 7.25. The van der Waals surface area contributed by atoms with Crippen LogP contribution in [-0.2, 0) is 4.12 Å². The molecule has 0 N–H and O–H groups in total. The lowest BCUT2D eigenvalue weighted by Crippen LogP contribution is -2.52. The van der Waals surface area contributed by atoms with Crippen molar-refractivity contribution in [3.8, 4) is 11.5 Å². The van der Waals surface area contributed by atoms with E-state index in [4.69, 9.17) is 36.2 Å². The number of rotatable bonds is 6. The first kappa shape index (κ1) is 18.4. The Bertz CT molecular complexity index is 620. The lowest BCUT2D eigenvalue weighted by Gasteiger charge is -2.33. The molecule has 0 bridgehead atoms. The van der Waals surface area contributed by atoms with Gasteiger partial charge in [0.15, 0.2) is 0 Å². The SMILES string of the molecule is C[Si](C)(Oc1cccc(Cl)c1)O[Si](C)(C)Oc1cccc(Cl)c1. The van der Waals surface area contributed by atoms with Crippen molar-refractivity contribution in [1.29, 1.82) is 0 Å². The largest absolute Gasteiger partial charge is 0.521 e. The molecule has 2 rings (SSSR count). The molecule has 0 aliphatic rings. The van der Waals surface area contributed by atoms with Crippen molar-refractivity contribution < 1.29 is 13.0 Å². The fraction of sp³-hybridized carbons (Fsp3) is 0.250. The second-order valence-electron chi connectivity index (χ2n) is 6.02. The molecular formula is C16H20Cl2O3Si2. The number of hydrogen-bond donors (Lipinski definition) is 0. The second kappa shape index (κ2) is 7.28. The maximum atomic E-state index is 6.26. The van der Waals surface area contributed by atoms with Gasteiger partial charge in [0.05, 0.1) is 0 Å². The van der Waals surface area contributed by atoms with Gasteiger partial charge in [0, 0.05) is 10.0 Å². The summed E-state index contributed by atoms with van der Waals surface area (Å²) < 4.78 is 18.3. The smallest absolute Gasteiger partial charge is 0.384 e. The molecule has 0 aliphatic heterocycles. The molecule has 124 valence electrons. The predicted molar refractivity (Wildman–Crippen MR) is 100 cm³/mol. The van der Waals surface area contributed by atoms with E-state index in [0.717, 1.165) is 0 Å². The van der Waals surface area contributed by atoms with Gasteiger partial charge in [-0.05, 0) is 62.6 Å². The Morgan fingerprint density at radius 3 is 1.43 bits per heavy atom. The highest BCUT2D eigenvalue weighted by Crippen LogP contribution is 2.26. The minimum absolute atomic E-state index is 0.638. The van der Waals surface area contributed by atoms with Crippen LogP contribution in [0.25, 0.3) is 0 Å². The van der Waals surface area contributed by atoms with Crippen LogP contribution in [0, 0.1) is 0 Å². The highest BCUT2D eigenvalue weighted by Gasteiger charge is 2.39. The summed E-state index contributed by atoms with van der Waals surface area (Å²) in [6.45, 7) is 7.96. The maximum absolute atomic E-state index is 6.26. The average Bonchev–Trinajstić information content (AvgIpc) is 2.35. The summed E-state index contributed by atoms with van der Waals surface area (Å²) in [6.07, 6.45) is 0. The second-order valence-corrected chi connectivity index (χ2v) is 13.7. The molecule has 0 atom stereocenters. The van der Waals surface area contributed by atoms with Crippen LogP contribution in [-0.4, -0.2) is 17.1 Å². The molecule has 2 aromatic carbocycles. The van der Waals surface area contributed by atoms with Gasteiger partial charge in [0.2, 0.25) is 0 Å². The standard InChI is InChI=1S/C16H20Cl2O3Si2/c1-22(2,19-15-9-5-7-13(17)11-15)21-23(3,4)20-16-10-6-8-14(18)12-16/h5-12H,1-4H3. The topological polar surface area (TPSA) is 27.7 Å². The fourth-order valence-corrected chi connectivity index (χ4v) is 9.08. The highest BCUT2D eigenvalue weighted by atomic mass is 35.5. The van der Waals surface area contributed by atoms with E-state index < -0.39 is 17.1 Å². The Balaban J connectivity index is 2.05. The van der Waals surface area contributed by atoms with Gasteiger partial charge in [-0.1, -0.05) is 35.3 Å². The zero-order chi connectivity index (χ0) is 17.1. The van der Waals surface area contributed by atoms with E-state index in [-0.39, 0.29) is 0 Å². The number of hydrogen-bond acceptors (Lipinski definition) is 3. The quantitative estimate of drug-likeness (QED) is 0.580. The summed E-state index contributed by atoms with van der Waals surface area (Å²) in [5.41, 5.74) is 0. The first-order valence-corrected chi connectivity index (χ1v) is 13.6. The predicted octanol–water partition coefficient (Wildman–Crippen LogP) is 5.87. The van der Waals surface area contributed by atoms with E-state index in [1.165, 1.54) is 0 Å². The molecule has 7 heteroatoms. The van der Waals surface area contributed by atoms with Gasteiger partial charge in [-0.15, -0.1) is 0 Å². The van der Waals surface area contributed by atoms with Gasteiger partial charge < -0.3 is 13.0 Å². The van der Waals surface area contributed by atoms with Gasteiger partial charge in [0.25, 0.3) is 0 Å². The van der Waals surface area contributed by atoms with E-state index in [1.807, 2.05) is 62.6 Å². The number of benzene rings is 2. The Morgan fingerprint density at radius 2 is 1.09 bits per heavy atom. The van der Waals surface area contributed by atoms with Gasteiger partial charge in [-0.3, -0.25) is 0 Å². The normalized spacial score (nSPS) is 12.1. The van der Waals surface area contributed by atoms with Crippen LogP contribution in [0.15, 0.2) is 48.5 Å². The Labute approximate surface area is 149 Å². The average molecular weight is 387 g/mol. The van der Waals surface area contributed by atoms with Crippen LogP contribution in [0.4, 0.5) is 0 Å². The first-order chi connectivity index (χ1) is 10.7. The summed E-state index contributed by atoms with van der Waals surface area (Å²) in [5, 5.41) is 1.28.